The Morgan fingerprint density at radius 1 is 1.38 bits per heavy atom. The van der Waals surface area contributed by atoms with E-state index in [1.807, 2.05) is 12.1 Å². The summed E-state index contributed by atoms with van der Waals surface area (Å²) in [6, 6.07) is 6.97. The zero-order valence-electron chi connectivity index (χ0n) is 7.24. The van der Waals surface area contributed by atoms with E-state index < -0.39 is 0 Å². The normalized spacial score (nSPS) is 25.1. The Balaban J connectivity index is 0.000000845. The molecule has 1 fully saturated rings. The number of hydrogen-bond acceptors (Lipinski definition) is 1. The minimum absolute atomic E-state index is 0. The van der Waals surface area contributed by atoms with Crippen molar-refractivity contribution in [2.45, 2.75) is 12.3 Å². The molecule has 2 atom stereocenters. The first-order valence-electron chi connectivity index (χ1n) is 4.27. The highest BCUT2D eigenvalue weighted by Gasteiger charge is 2.38. The van der Waals surface area contributed by atoms with Crippen LogP contribution in [0.15, 0.2) is 24.3 Å². The molecule has 1 aliphatic carbocycles. The van der Waals surface area contributed by atoms with Crippen molar-refractivity contribution in [1.82, 2.24) is 0 Å². The van der Waals surface area contributed by atoms with E-state index in [9.17, 15) is 4.39 Å². The van der Waals surface area contributed by atoms with Crippen LogP contribution in [0.2, 0.25) is 0 Å². The summed E-state index contributed by atoms with van der Waals surface area (Å²) in [5.74, 6) is 0.816. The molecule has 72 valence electrons. The first-order chi connectivity index (χ1) is 5.83. The Kier molecular flexibility index (Phi) is 3.28. The van der Waals surface area contributed by atoms with E-state index in [2.05, 4.69) is 0 Å². The van der Waals surface area contributed by atoms with Gasteiger partial charge in [-0.1, -0.05) is 18.2 Å². The van der Waals surface area contributed by atoms with Gasteiger partial charge < -0.3 is 5.73 Å². The lowest BCUT2D eigenvalue weighted by molar-refractivity contribution is 0.606. The van der Waals surface area contributed by atoms with Gasteiger partial charge in [-0.15, -0.1) is 12.4 Å². The molecule has 0 saturated heterocycles. The van der Waals surface area contributed by atoms with Crippen LogP contribution in [0.4, 0.5) is 4.39 Å². The number of halogens is 2. The monoisotopic (exact) mass is 201 g/mol. The highest BCUT2D eigenvalue weighted by atomic mass is 35.5. The molecule has 2 N–H and O–H groups in total. The second kappa shape index (κ2) is 4.07. The molecule has 0 heterocycles. The SMILES string of the molecule is Cl.NCC1CC1c1ccccc1F. The van der Waals surface area contributed by atoms with E-state index in [4.69, 9.17) is 5.73 Å². The molecule has 0 aromatic heterocycles. The maximum Gasteiger partial charge on any atom is 0.126 e. The molecule has 1 saturated carbocycles. The fraction of sp³-hybridized carbons (Fsp3) is 0.400. The van der Waals surface area contributed by atoms with Crippen LogP contribution in [0.25, 0.3) is 0 Å². The highest BCUT2D eigenvalue weighted by molar-refractivity contribution is 5.85. The molecule has 1 nitrogen and oxygen atoms in total. The Morgan fingerprint density at radius 3 is 2.62 bits per heavy atom. The summed E-state index contributed by atoms with van der Waals surface area (Å²) in [7, 11) is 0. The predicted molar refractivity (Wildman–Crippen MR) is 53.6 cm³/mol. The molecule has 3 heteroatoms. The van der Waals surface area contributed by atoms with Crippen molar-refractivity contribution in [1.29, 1.82) is 0 Å². The van der Waals surface area contributed by atoms with Crippen LogP contribution in [-0.4, -0.2) is 6.54 Å². The van der Waals surface area contributed by atoms with Gasteiger partial charge in [-0.2, -0.15) is 0 Å². The van der Waals surface area contributed by atoms with Crippen molar-refractivity contribution in [3.05, 3.63) is 35.6 Å². The van der Waals surface area contributed by atoms with E-state index in [1.54, 1.807) is 6.07 Å². The first kappa shape index (κ1) is 10.5. The van der Waals surface area contributed by atoms with Gasteiger partial charge in [0.1, 0.15) is 5.82 Å². The third-order valence-corrected chi connectivity index (χ3v) is 2.53. The lowest BCUT2D eigenvalue weighted by Crippen LogP contribution is -2.02. The number of hydrogen-bond donors (Lipinski definition) is 1. The highest BCUT2D eigenvalue weighted by Crippen LogP contribution is 2.47. The summed E-state index contributed by atoms with van der Waals surface area (Å²) in [6.45, 7) is 0.680. The average molecular weight is 202 g/mol. The van der Waals surface area contributed by atoms with Crippen LogP contribution in [0.3, 0.4) is 0 Å². The molecule has 2 rings (SSSR count). The third kappa shape index (κ3) is 2.01. The van der Waals surface area contributed by atoms with Gasteiger partial charge in [0.15, 0.2) is 0 Å². The van der Waals surface area contributed by atoms with Gasteiger partial charge in [-0.05, 0) is 36.4 Å². The molecular formula is C10H13ClFN. The zero-order chi connectivity index (χ0) is 8.55. The van der Waals surface area contributed by atoms with Gasteiger partial charge >= 0.3 is 0 Å². The van der Waals surface area contributed by atoms with Crippen LogP contribution in [0, 0.1) is 11.7 Å². The van der Waals surface area contributed by atoms with E-state index in [1.165, 1.54) is 6.07 Å². The lowest BCUT2D eigenvalue weighted by Gasteiger charge is -1.99. The minimum Gasteiger partial charge on any atom is -0.330 e. The van der Waals surface area contributed by atoms with Gasteiger partial charge in [0, 0.05) is 0 Å². The molecule has 0 aliphatic heterocycles. The summed E-state index contributed by atoms with van der Waals surface area (Å²) in [6.07, 6.45) is 1.05. The largest absolute Gasteiger partial charge is 0.330 e. The summed E-state index contributed by atoms with van der Waals surface area (Å²) in [5, 5.41) is 0. The summed E-state index contributed by atoms with van der Waals surface area (Å²) in [4.78, 5) is 0. The predicted octanol–water partition coefficient (Wildman–Crippen LogP) is 2.31. The van der Waals surface area contributed by atoms with E-state index in [0.29, 0.717) is 18.4 Å². The van der Waals surface area contributed by atoms with Crippen LogP contribution in [-0.2, 0) is 0 Å². The second-order valence-electron chi connectivity index (χ2n) is 3.36. The molecule has 0 bridgehead atoms. The lowest BCUT2D eigenvalue weighted by atomic mass is 10.1. The Morgan fingerprint density at radius 2 is 2.08 bits per heavy atom. The standard InChI is InChI=1S/C10H12FN.ClH/c11-10-4-2-1-3-8(10)9-5-7(9)6-12;/h1-4,7,9H,5-6,12H2;1H. The number of rotatable bonds is 2. The Hall–Kier alpha value is -0.600. The molecule has 2 unspecified atom stereocenters. The summed E-state index contributed by atoms with van der Waals surface area (Å²) in [5.41, 5.74) is 6.33. The van der Waals surface area contributed by atoms with Crippen LogP contribution in [0.5, 0.6) is 0 Å². The smallest absolute Gasteiger partial charge is 0.126 e. The molecule has 1 aliphatic rings. The molecule has 0 amide bonds. The van der Waals surface area contributed by atoms with Gasteiger partial charge in [0.2, 0.25) is 0 Å². The van der Waals surface area contributed by atoms with Gasteiger partial charge in [0.25, 0.3) is 0 Å². The Bertz CT molecular complexity index is 290. The number of nitrogens with two attached hydrogens (primary N) is 1. The van der Waals surface area contributed by atoms with Gasteiger partial charge in [-0.3, -0.25) is 0 Å². The molecular weight excluding hydrogens is 189 g/mol. The molecule has 1 aromatic carbocycles. The van der Waals surface area contributed by atoms with Crippen molar-refractivity contribution in [2.75, 3.05) is 6.54 Å². The van der Waals surface area contributed by atoms with Crippen LogP contribution in [0.1, 0.15) is 17.9 Å². The fourth-order valence-electron chi connectivity index (χ4n) is 1.66. The van der Waals surface area contributed by atoms with Crippen molar-refractivity contribution < 1.29 is 4.39 Å². The number of benzene rings is 1. The van der Waals surface area contributed by atoms with Gasteiger partial charge in [-0.25, -0.2) is 4.39 Å². The third-order valence-electron chi connectivity index (χ3n) is 2.53. The van der Waals surface area contributed by atoms with Crippen molar-refractivity contribution in [2.24, 2.45) is 11.7 Å². The molecule has 0 radical (unpaired) electrons. The Labute approximate surface area is 83.5 Å². The minimum atomic E-state index is -0.0848. The van der Waals surface area contributed by atoms with Crippen LogP contribution < -0.4 is 5.73 Å². The zero-order valence-corrected chi connectivity index (χ0v) is 8.06. The quantitative estimate of drug-likeness (QED) is 0.781. The second-order valence-corrected chi connectivity index (χ2v) is 3.36. The molecule has 1 aromatic rings. The van der Waals surface area contributed by atoms with Crippen molar-refractivity contribution in [3.8, 4) is 0 Å². The van der Waals surface area contributed by atoms with E-state index in [0.717, 1.165) is 12.0 Å². The maximum absolute atomic E-state index is 13.1. The summed E-state index contributed by atoms with van der Waals surface area (Å²) >= 11 is 0. The fourth-order valence-corrected chi connectivity index (χ4v) is 1.66. The van der Waals surface area contributed by atoms with E-state index >= 15 is 0 Å². The molecule has 13 heavy (non-hydrogen) atoms. The summed E-state index contributed by atoms with van der Waals surface area (Å²) < 4.78 is 13.1. The van der Waals surface area contributed by atoms with E-state index in [-0.39, 0.29) is 18.2 Å². The van der Waals surface area contributed by atoms with Gasteiger partial charge in [0.05, 0.1) is 0 Å². The van der Waals surface area contributed by atoms with Crippen molar-refractivity contribution >= 4 is 12.4 Å². The molecule has 0 spiro atoms. The topological polar surface area (TPSA) is 26.0 Å². The first-order valence-corrected chi connectivity index (χ1v) is 4.27. The van der Waals surface area contributed by atoms with Crippen LogP contribution >= 0.6 is 12.4 Å². The average Bonchev–Trinajstić information content (AvgIpc) is 2.84. The maximum atomic E-state index is 13.1. The van der Waals surface area contributed by atoms with Crippen molar-refractivity contribution in [3.63, 3.8) is 0 Å².